The fourth-order valence-corrected chi connectivity index (χ4v) is 1.94. The molecule has 0 bridgehead atoms. The van der Waals surface area contributed by atoms with Crippen LogP contribution in [0.3, 0.4) is 0 Å². The van der Waals surface area contributed by atoms with Crippen LogP contribution in [0.4, 0.5) is 4.39 Å². The monoisotopic (exact) mass is 244 g/mol. The van der Waals surface area contributed by atoms with Crippen molar-refractivity contribution < 1.29 is 14.3 Å². The quantitative estimate of drug-likeness (QED) is 0.894. The Balaban J connectivity index is 2.62. The molecular formula is C15H13FO2. The van der Waals surface area contributed by atoms with Crippen LogP contribution in [0.1, 0.15) is 18.4 Å². The van der Waals surface area contributed by atoms with Gasteiger partial charge in [-0.05, 0) is 24.1 Å². The van der Waals surface area contributed by atoms with E-state index in [-0.39, 0.29) is 0 Å². The molecule has 18 heavy (non-hydrogen) atoms. The summed E-state index contributed by atoms with van der Waals surface area (Å²) in [6, 6.07) is 13.5. The minimum absolute atomic E-state index is 0.369. The van der Waals surface area contributed by atoms with Crippen molar-refractivity contribution in [3.8, 4) is 11.1 Å². The molecule has 0 aromatic heterocycles. The maximum absolute atomic E-state index is 14.0. The molecule has 92 valence electrons. The molecule has 0 aliphatic carbocycles. The van der Waals surface area contributed by atoms with Crippen molar-refractivity contribution in [3.63, 3.8) is 0 Å². The number of carboxylic acids is 1. The largest absolute Gasteiger partial charge is 0.481 e. The fourth-order valence-electron chi connectivity index (χ4n) is 1.94. The highest BCUT2D eigenvalue weighted by Crippen LogP contribution is 2.31. The van der Waals surface area contributed by atoms with Gasteiger partial charge in [0, 0.05) is 5.56 Å². The van der Waals surface area contributed by atoms with E-state index in [0.29, 0.717) is 16.7 Å². The molecule has 0 aliphatic rings. The molecule has 2 nitrogen and oxygen atoms in total. The molecule has 0 saturated heterocycles. The minimum Gasteiger partial charge on any atom is -0.481 e. The van der Waals surface area contributed by atoms with Crippen molar-refractivity contribution in [3.05, 3.63) is 59.9 Å². The van der Waals surface area contributed by atoms with E-state index < -0.39 is 17.7 Å². The minimum atomic E-state index is -0.960. The molecule has 1 atom stereocenters. The van der Waals surface area contributed by atoms with Crippen LogP contribution in [-0.2, 0) is 4.79 Å². The van der Waals surface area contributed by atoms with Gasteiger partial charge in [0.2, 0.25) is 0 Å². The SMILES string of the molecule is CC(C(=O)O)c1cccc(F)c1-c1ccccc1. The van der Waals surface area contributed by atoms with Crippen LogP contribution >= 0.6 is 0 Å². The number of hydrogen-bond donors (Lipinski definition) is 1. The van der Waals surface area contributed by atoms with Gasteiger partial charge in [-0.25, -0.2) is 4.39 Å². The third-order valence-corrected chi connectivity index (χ3v) is 2.95. The normalized spacial score (nSPS) is 12.1. The van der Waals surface area contributed by atoms with E-state index in [4.69, 9.17) is 5.11 Å². The van der Waals surface area contributed by atoms with Crippen molar-refractivity contribution in [2.24, 2.45) is 0 Å². The highest BCUT2D eigenvalue weighted by Gasteiger charge is 2.20. The van der Waals surface area contributed by atoms with Gasteiger partial charge >= 0.3 is 5.97 Å². The second kappa shape index (κ2) is 5.00. The van der Waals surface area contributed by atoms with Gasteiger partial charge in [0.25, 0.3) is 0 Å². The Hall–Kier alpha value is -2.16. The van der Waals surface area contributed by atoms with E-state index in [0.717, 1.165) is 0 Å². The maximum Gasteiger partial charge on any atom is 0.310 e. The van der Waals surface area contributed by atoms with Gasteiger partial charge in [-0.1, -0.05) is 42.5 Å². The van der Waals surface area contributed by atoms with Gasteiger partial charge in [0.1, 0.15) is 5.82 Å². The first-order valence-corrected chi connectivity index (χ1v) is 5.68. The third kappa shape index (κ3) is 2.25. The highest BCUT2D eigenvalue weighted by atomic mass is 19.1. The lowest BCUT2D eigenvalue weighted by molar-refractivity contribution is -0.138. The zero-order chi connectivity index (χ0) is 13.1. The summed E-state index contributed by atoms with van der Waals surface area (Å²) in [4.78, 5) is 11.1. The summed E-state index contributed by atoms with van der Waals surface area (Å²) in [5.74, 6) is -2.10. The van der Waals surface area contributed by atoms with Crippen LogP contribution in [0.5, 0.6) is 0 Å². The number of halogens is 1. The van der Waals surface area contributed by atoms with E-state index >= 15 is 0 Å². The summed E-state index contributed by atoms with van der Waals surface area (Å²) in [7, 11) is 0. The molecule has 1 unspecified atom stereocenters. The number of benzene rings is 2. The maximum atomic E-state index is 14.0. The third-order valence-electron chi connectivity index (χ3n) is 2.95. The van der Waals surface area contributed by atoms with Crippen LogP contribution in [0.15, 0.2) is 48.5 Å². The number of carbonyl (C=O) groups is 1. The lowest BCUT2D eigenvalue weighted by Crippen LogP contribution is -2.09. The molecule has 0 fully saturated rings. The van der Waals surface area contributed by atoms with Gasteiger partial charge in [0.05, 0.1) is 5.92 Å². The van der Waals surface area contributed by atoms with Gasteiger partial charge in [-0.3, -0.25) is 4.79 Å². The first-order chi connectivity index (χ1) is 8.61. The summed E-state index contributed by atoms with van der Waals surface area (Å²) < 4.78 is 14.0. The van der Waals surface area contributed by atoms with Crippen molar-refractivity contribution >= 4 is 5.97 Å². The topological polar surface area (TPSA) is 37.3 Å². The van der Waals surface area contributed by atoms with Crippen molar-refractivity contribution in [2.75, 3.05) is 0 Å². The Kier molecular flexibility index (Phi) is 3.42. The molecule has 2 aromatic carbocycles. The van der Waals surface area contributed by atoms with Crippen molar-refractivity contribution in [1.82, 2.24) is 0 Å². The predicted molar refractivity (Wildman–Crippen MR) is 67.9 cm³/mol. The highest BCUT2D eigenvalue weighted by molar-refractivity contribution is 5.80. The number of carboxylic acid groups (broad SMARTS) is 1. The molecule has 0 radical (unpaired) electrons. The van der Waals surface area contributed by atoms with Gasteiger partial charge in [0.15, 0.2) is 0 Å². The zero-order valence-corrected chi connectivity index (χ0v) is 9.93. The van der Waals surface area contributed by atoms with Crippen molar-refractivity contribution in [2.45, 2.75) is 12.8 Å². The summed E-state index contributed by atoms with van der Waals surface area (Å²) in [6.07, 6.45) is 0. The van der Waals surface area contributed by atoms with Gasteiger partial charge < -0.3 is 5.11 Å². The Bertz CT molecular complexity index is 564. The molecule has 2 aromatic rings. The number of aliphatic carboxylic acids is 1. The molecular weight excluding hydrogens is 231 g/mol. The summed E-state index contributed by atoms with van der Waals surface area (Å²) >= 11 is 0. The second-order valence-corrected chi connectivity index (χ2v) is 4.13. The van der Waals surface area contributed by atoms with Gasteiger partial charge in [-0.15, -0.1) is 0 Å². The average Bonchev–Trinajstić information content (AvgIpc) is 2.38. The lowest BCUT2D eigenvalue weighted by Gasteiger charge is -2.14. The molecule has 0 spiro atoms. The average molecular weight is 244 g/mol. The second-order valence-electron chi connectivity index (χ2n) is 4.13. The zero-order valence-electron chi connectivity index (χ0n) is 9.93. The van der Waals surface area contributed by atoms with E-state index in [1.807, 2.05) is 6.07 Å². The summed E-state index contributed by atoms with van der Waals surface area (Å²) in [6.45, 7) is 1.56. The first-order valence-electron chi connectivity index (χ1n) is 5.68. The summed E-state index contributed by atoms with van der Waals surface area (Å²) in [5.41, 5.74) is 1.56. The smallest absolute Gasteiger partial charge is 0.310 e. The van der Waals surface area contributed by atoms with Crippen LogP contribution in [0.2, 0.25) is 0 Å². The molecule has 1 N–H and O–H groups in total. The van der Waals surface area contributed by atoms with Crippen LogP contribution in [0, 0.1) is 5.82 Å². The van der Waals surface area contributed by atoms with Crippen molar-refractivity contribution in [1.29, 1.82) is 0 Å². The van der Waals surface area contributed by atoms with E-state index in [1.54, 1.807) is 37.3 Å². The fraction of sp³-hybridized carbons (Fsp3) is 0.133. The predicted octanol–water partition coefficient (Wildman–Crippen LogP) is 3.68. The Morgan fingerprint density at radius 2 is 1.78 bits per heavy atom. The van der Waals surface area contributed by atoms with Crippen LogP contribution < -0.4 is 0 Å². The molecule has 0 amide bonds. The van der Waals surface area contributed by atoms with E-state index in [1.165, 1.54) is 12.1 Å². The Labute approximate surface area is 105 Å². The molecule has 0 saturated carbocycles. The first kappa shape index (κ1) is 12.3. The van der Waals surface area contributed by atoms with Gasteiger partial charge in [-0.2, -0.15) is 0 Å². The van der Waals surface area contributed by atoms with Crippen LogP contribution in [-0.4, -0.2) is 11.1 Å². The lowest BCUT2D eigenvalue weighted by atomic mass is 9.91. The Morgan fingerprint density at radius 3 is 2.39 bits per heavy atom. The molecule has 3 heteroatoms. The standard InChI is InChI=1S/C15H13FO2/c1-10(15(17)18)12-8-5-9-13(16)14(12)11-6-3-2-4-7-11/h2-10H,1H3,(H,17,18). The summed E-state index contributed by atoms with van der Waals surface area (Å²) in [5, 5.41) is 9.08. The van der Waals surface area contributed by atoms with E-state index in [2.05, 4.69) is 0 Å². The van der Waals surface area contributed by atoms with E-state index in [9.17, 15) is 9.18 Å². The molecule has 2 rings (SSSR count). The number of rotatable bonds is 3. The van der Waals surface area contributed by atoms with Crippen LogP contribution in [0.25, 0.3) is 11.1 Å². The molecule has 0 aliphatic heterocycles. The number of hydrogen-bond acceptors (Lipinski definition) is 1. The Morgan fingerprint density at radius 1 is 1.11 bits per heavy atom. The molecule has 0 heterocycles.